The van der Waals surface area contributed by atoms with E-state index in [4.69, 9.17) is 0 Å². The molecule has 1 aliphatic rings. The Balaban J connectivity index is 1.59. The van der Waals surface area contributed by atoms with E-state index in [-0.39, 0.29) is 18.2 Å². The molecule has 7 nitrogen and oxygen atoms in total. The number of hydrogen-bond donors (Lipinski definition) is 1. The van der Waals surface area contributed by atoms with Crippen molar-refractivity contribution in [2.24, 2.45) is 0 Å². The normalized spacial score (nSPS) is 14.6. The average Bonchev–Trinajstić information content (AvgIpc) is 3.20. The summed E-state index contributed by atoms with van der Waals surface area (Å²) < 4.78 is 0. The Morgan fingerprint density at radius 3 is 3.00 bits per heavy atom. The molecule has 0 spiro atoms. The molecule has 0 aliphatic carbocycles. The first-order chi connectivity index (χ1) is 10.7. The number of aromatic nitrogens is 3. The van der Waals surface area contributed by atoms with E-state index in [1.54, 1.807) is 4.90 Å². The predicted octanol–water partition coefficient (Wildman–Crippen LogP) is 1.87. The lowest BCUT2D eigenvalue weighted by Gasteiger charge is -2.10. The summed E-state index contributed by atoms with van der Waals surface area (Å²) in [6.45, 7) is 2.70. The number of thiazole rings is 1. The summed E-state index contributed by atoms with van der Waals surface area (Å²) in [4.78, 5) is 29.7. The molecule has 0 bridgehead atoms. The number of rotatable bonds is 5. The van der Waals surface area contributed by atoms with Crippen LogP contribution in [-0.2, 0) is 22.4 Å². The minimum Gasteiger partial charge on any atom is -0.300 e. The van der Waals surface area contributed by atoms with Gasteiger partial charge in [0.15, 0.2) is 5.13 Å². The molecule has 0 aromatic carbocycles. The fourth-order valence-electron chi connectivity index (χ4n) is 2.13. The summed E-state index contributed by atoms with van der Waals surface area (Å²) in [5.74, 6) is -0.0743. The van der Waals surface area contributed by atoms with Crippen LogP contribution in [0.3, 0.4) is 0 Å². The number of nitrogens with one attached hydrogen (secondary N) is 1. The lowest BCUT2D eigenvalue weighted by molar-refractivity contribution is -0.117. The molecule has 2 aromatic rings. The quantitative estimate of drug-likeness (QED) is 0.900. The van der Waals surface area contributed by atoms with Crippen LogP contribution in [0.25, 0.3) is 0 Å². The third kappa shape index (κ3) is 3.30. The van der Waals surface area contributed by atoms with Crippen molar-refractivity contribution in [3.8, 4) is 0 Å². The Morgan fingerprint density at radius 1 is 1.45 bits per heavy atom. The van der Waals surface area contributed by atoms with Gasteiger partial charge in [-0.2, -0.15) is 0 Å². The number of amides is 2. The molecule has 2 amide bonds. The van der Waals surface area contributed by atoms with Crippen LogP contribution in [0.1, 0.15) is 30.5 Å². The Hall–Kier alpha value is -1.87. The molecule has 3 heterocycles. The highest BCUT2D eigenvalue weighted by molar-refractivity contribution is 7.15. The molecule has 0 radical (unpaired) electrons. The molecular formula is C13H15N5O2S2. The van der Waals surface area contributed by atoms with Crippen molar-refractivity contribution in [1.29, 1.82) is 0 Å². The lowest BCUT2D eigenvalue weighted by Crippen LogP contribution is -2.23. The molecule has 0 unspecified atom stereocenters. The molecule has 3 rings (SSSR count). The smallest absolute Gasteiger partial charge is 0.232 e. The summed E-state index contributed by atoms with van der Waals surface area (Å²) in [5.41, 5.74) is 0.664. The Kier molecular flexibility index (Phi) is 4.44. The molecule has 22 heavy (non-hydrogen) atoms. The van der Waals surface area contributed by atoms with E-state index in [1.165, 1.54) is 22.7 Å². The summed E-state index contributed by atoms with van der Waals surface area (Å²) in [6, 6.07) is 0. The van der Waals surface area contributed by atoms with Gasteiger partial charge < -0.3 is 5.32 Å². The fourth-order valence-corrected chi connectivity index (χ4v) is 3.69. The summed E-state index contributed by atoms with van der Waals surface area (Å²) in [7, 11) is 0. The van der Waals surface area contributed by atoms with Crippen molar-refractivity contribution < 1.29 is 9.59 Å². The lowest BCUT2D eigenvalue weighted by atomic mass is 10.3. The van der Waals surface area contributed by atoms with Crippen molar-refractivity contribution in [3.05, 3.63) is 16.1 Å². The Bertz CT molecular complexity index is 696. The predicted molar refractivity (Wildman–Crippen MR) is 85.3 cm³/mol. The highest BCUT2D eigenvalue weighted by Crippen LogP contribution is 2.25. The maximum Gasteiger partial charge on any atom is 0.232 e. The SMILES string of the molecule is CCc1nnc(NC(=O)Cc2csc(N3CCCC3=O)n2)s1. The molecule has 1 saturated heterocycles. The number of carbonyl (C=O) groups excluding carboxylic acids is 2. The monoisotopic (exact) mass is 337 g/mol. The van der Waals surface area contributed by atoms with Gasteiger partial charge in [0, 0.05) is 18.3 Å². The van der Waals surface area contributed by atoms with Crippen LogP contribution in [0.15, 0.2) is 5.38 Å². The average molecular weight is 337 g/mol. The number of anilines is 2. The summed E-state index contributed by atoms with van der Waals surface area (Å²) in [6.07, 6.45) is 2.41. The van der Waals surface area contributed by atoms with Crippen LogP contribution >= 0.6 is 22.7 Å². The molecule has 1 fully saturated rings. The molecule has 1 aliphatic heterocycles. The second-order valence-corrected chi connectivity index (χ2v) is 6.75. The zero-order valence-corrected chi connectivity index (χ0v) is 13.7. The minimum absolute atomic E-state index is 0.103. The molecule has 0 atom stereocenters. The van der Waals surface area contributed by atoms with E-state index in [9.17, 15) is 9.59 Å². The number of hydrogen-bond acceptors (Lipinski definition) is 7. The van der Waals surface area contributed by atoms with E-state index in [2.05, 4.69) is 20.5 Å². The summed E-state index contributed by atoms with van der Waals surface area (Å²) >= 11 is 2.77. The summed E-state index contributed by atoms with van der Waals surface area (Å²) in [5, 5.41) is 14.5. The van der Waals surface area contributed by atoms with Crippen molar-refractivity contribution in [2.75, 3.05) is 16.8 Å². The molecule has 116 valence electrons. The molecule has 1 N–H and O–H groups in total. The third-order valence-corrected chi connectivity index (χ3v) is 5.10. The van der Waals surface area contributed by atoms with Crippen molar-refractivity contribution in [1.82, 2.24) is 15.2 Å². The van der Waals surface area contributed by atoms with Crippen LogP contribution in [0.2, 0.25) is 0 Å². The molecule has 2 aromatic heterocycles. The van der Waals surface area contributed by atoms with Crippen molar-refractivity contribution in [3.63, 3.8) is 0 Å². The zero-order chi connectivity index (χ0) is 15.5. The first-order valence-electron chi connectivity index (χ1n) is 7.02. The van der Waals surface area contributed by atoms with E-state index in [0.29, 0.717) is 28.9 Å². The molecular weight excluding hydrogens is 322 g/mol. The minimum atomic E-state index is -0.177. The van der Waals surface area contributed by atoms with E-state index < -0.39 is 0 Å². The van der Waals surface area contributed by atoms with E-state index in [0.717, 1.165) is 17.8 Å². The van der Waals surface area contributed by atoms with E-state index >= 15 is 0 Å². The third-order valence-electron chi connectivity index (χ3n) is 3.20. The van der Waals surface area contributed by atoms with Crippen LogP contribution < -0.4 is 10.2 Å². The maximum absolute atomic E-state index is 12.0. The van der Waals surface area contributed by atoms with Crippen LogP contribution in [0.4, 0.5) is 10.3 Å². The van der Waals surface area contributed by atoms with Crippen molar-refractivity contribution in [2.45, 2.75) is 32.6 Å². The number of carbonyl (C=O) groups is 2. The van der Waals surface area contributed by atoms with Gasteiger partial charge >= 0.3 is 0 Å². The van der Waals surface area contributed by atoms with Gasteiger partial charge in [-0.15, -0.1) is 21.5 Å². The number of aryl methyl sites for hydroxylation is 1. The van der Waals surface area contributed by atoms with Gasteiger partial charge in [0.05, 0.1) is 12.1 Å². The topological polar surface area (TPSA) is 88.1 Å². The van der Waals surface area contributed by atoms with Gasteiger partial charge in [0.2, 0.25) is 16.9 Å². The second-order valence-electron chi connectivity index (χ2n) is 4.85. The molecule has 0 saturated carbocycles. The Morgan fingerprint density at radius 2 is 2.32 bits per heavy atom. The second kappa shape index (κ2) is 6.49. The first-order valence-corrected chi connectivity index (χ1v) is 8.72. The fraction of sp³-hybridized carbons (Fsp3) is 0.462. The van der Waals surface area contributed by atoms with Crippen LogP contribution in [-0.4, -0.2) is 33.5 Å². The van der Waals surface area contributed by atoms with E-state index in [1.807, 2.05) is 12.3 Å². The van der Waals surface area contributed by atoms with Gasteiger partial charge in [-0.3, -0.25) is 14.5 Å². The van der Waals surface area contributed by atoms with Gasteiger partial charge in [-0.1, -0.05) is 18.3 Å². The van der Waals surface area contributed by atoms with Gasteiger partial charge in [0.1, 0.15) is 5.01 Å². The van der Waals surface area contributed by atoms with Gasteiger partial charge in [-0.05, 0) is 12.8 Å². The van der Waals surface area contributed by atoms with Gasteiger partial charge in [0.25, 0.3) is 0 Å². The first kappa shape index (κ1) is 15.0. The standard InChI is InChI=1S/C13H15N5O2S2/c1-2-10-16-17-12(22-10)15-9(19)6-8-7-21-13(14-8)18-5-3-4-11(18)20/h7H,2-6H2,1H3,(H,15,17,19). The molecule has 9 heteroatoms. The Labute approximate surface area is 135 Å². The van der Waals surface area contributed by atoms with Crippen molar-refractivity contribution >= 4 is 44.8 Å². The number of nitrogens with zero attached hydrogens (tertiary/aromatic N) is 4. The van der Waals surface area contributed by atoms with Crippen LogP contribution in [0, 0.1) is 0 Å². The highest BCUT2D eigenvalue weighted by Gasteiger charge is 2.24. The van der Waals surface area contributed by atoms with Crippen LogP contribution in [0.5, 0.6) is 0 Å². The zero-order valence-electron chi connectivity index (χ0n) is 12.0. The highest BCUT2D eigenvalue weighted by atomic mass is 32.1. The van der Waals surface area contributed by atoms with Gasteiger partial charge in [-0.25, -0.2) is 4.98 Å². The maximum atomic E-state index is 12.0. The largest absolute Gasteiger partial charge is 0.300 e.